The molecule has 5 nitrogen and oxygen atoms in total. The van der Waals surface area contributed by atoms with Gasteiger partial charge in [0.05, 0.1) is 18.6 Å². The SMILES string of the molecule is COc1ccc(Cl)cc1C(=O)NCCc1ccc(C(C)C(=O)O)cc1. The van der Waals surface area contributed by atoms with Crippen LogP contribution < -0.4 is 10.1 Å². The Hall–Kier alpha value is -2.53. The summed E-state index contributed by atoms with van der Waals surface area (Å²) in [7, 11) is 1.50. The second kappa shape index (κ2) is 8.53. The number of aliphatic carboxylic acids is 1. The number of benzene rings is 2. The van der Waals surface area contributed by atoms with Gasteiger partial charge in [0.2, 0.25) is 0 Å². The van der Waals surface area contributed by atoms with Crippen LogP contribution in [0.25, 0.3) is 0 Å². The minimum Gasteiger partial charge on any atom is -0.496 e. The molecule has 0 aliphatic carbocycles. The third-order valence-corrected chi connectivity index (χ3v) is 4.19. The molecule has 0 radical (unpaired) electrons. The molecule has 6 heteroatoms. The summed E-state index contributed by atoms with van der Waals surface area (Å²) in [5.74, 6) is -1.18. The predicted molar refractivity (Wildman–Crippen MR) is 96.5 cm³/mol. The zero-order valence-corrected chi connectivity index (χ0v) is 14.8. The highest BCUT2D eigenvalue weighted by Crippen LogP contribution is 2.22. The normalized spacial score (nSPS) is 11.6. The second-order valence-corrected chi connectivity index (χ2v) is 6.09. The molecule has 0 aliphatic heterocycles. The topological polar surface area (TPSA) is 75.6 Å². The molecule has 0 heterocycles. The molecule has 1 atom stereocenters. The lowest BCUT2D eigenvalue weighted by atomic mass is 9.99. The van der Waals surface area contributed by atoms with Crippen molar-refractivity contribution in [1.82, 2.24) is 5.32 Å². The van der Waals surface area contributed by atoms with Gasteiger partial charge in [-0.15, -0.1) is 0 Å². The van der Waals surface area contributed by atoms with Crippen LogP contribution in [-0.2, 0) is 11.2 Å². The molecule has 2 N–H and O–H groups in total. The number of ether oxygens (including phenoxy) is 1. The van der Waals surface area contributed by atoms with Crippen LogP contribution in [0.15, 0.2) is 42.5 Å². The number of rotatable bonds is 7. The molecular formula is C19H20ClNO4. The summed E-state index contributed by atoms with van der Waals surface area (Å²) >= 11 is 5.93. The largest absolute Gasteiger partial charge is 0.496 e. The Kier molecular flexibility index (Phi) is 6.42. The summed E-state index contributed by atoms with van der Waals surface area (Å²) in [6, 6.07) is 12.2. The van der Waals surface area contributed by atoms with E-state index in [2.05, 4.69) is 5.32 Å². The second-order valence-electron chi connectivity index (χ2n) is 5.65. The molecule has 2 aromatic rings. The molecule has 2 aromatic carbocycles. The van der Waals surface area contributed by atoms with Crippen LogP contribution in [0.1, 0.15) is 34.3 Å². The van der Waals surface area contributed by atoms with Gasteiger partial charge in [0.25, 0.3) is 5.91 Å². The van der Waals surface area contributed by atoms with Crippen molar-refractivity contribution in [3.63, 3.8) is 0 Å². The fourth-order valence-electron chi connectivity index (χ4n) is 2.39. The van der Waals surface area contributed by atoms with Crippen LogP contribution in [0.4, 0.5) is 0 Å². The van der Waals surface area contributed by atoms with Crippen LogP contribution in [0, 0.1) is 0 Å². The summed E-state index contributed by atoms with van der Waals surface area (Å²) in [6.45, 7) is 2.10. The lowest BCUT2D eigenvalue weighted by Gasteiger charge is -2.10. The van der Waals surface area contributed by atoms with Gasteiger partial charge >= 0.3 is 5.97 Å². The highest BCUT2D eigenvalue weighted by Gasteiger charge is 2.14. The highest BCUT2D eigenvalue weighted by atomic mass is 35.5. The molecule has 0 bridgehead atoms. The van der Waals surface area contributed by atoms with Crippen LogP contribution in [0.5, 0.6) is 5.75 Å². The van der Waals surface area contributed by atoms with E-state index in [4.69, 9.17) is 21.4 Å². The van der Waals surface area contributed by atoms with Crippen molar-refractivity contribution in [3.05, 3.63) is 64.2 Å². The Labute approximate surface area is 151 Å². The summed E-state index contributed by atoms with van der Waals surface area (Å²) in [5.41, 5.74) is 2.16. The maximum absolute atomic E-state index is 12.3. The van der Waals surface area contributed by atoms with Crippen molar-refractivity contribution in [2.75, 3.05) is 13.7 Å². The molecule has 25 heavy (non-hydrogen) atoms. The van der Waals surface area contributed by atoms with Gasteiger partial charge in [0.1, 0.15) is 5.75 Å². The van der Waals surface area contributed by atoms with Gasteiger partial charge in [-0.2, -0.15) is 0 Å². The Morgan fingerprint density at radius 2 is 1.88 bits per heavy atom. The monoisotopic (exact) mass is 361 g/mol. The molecule has 0 aromatic heterocycles. The molecule has 2 rings (SSSR count). The number of halogens is 1. The quantitative estimate of drug-likeness (QED) is 0.791. The number of carboxylic acids is 1. The Bertz CT molecular complexity index is 759. The van der Waals surface area contributed by atoms with Crippen LogP contribution in [0.2, 0.25) is 5.02 Å². The third kappa shape index (κ3) is 4.97. The van der Waals surface area contributed by atoms with E-state index >= 15 is 0 Å². The molecule has 0 saturated heterocycles. The number of amides is 1. The maximum Gasteiger partial charge on any atom is 0.310 e. The standard InChI is InChI=1S/C19H20ClNO4/c1-12(19(23)24)14-5-3-13(4-6-14)9-10-21-18(22)16-11-15(20)7-8-17(16)25-2/h3-8,11-12H,9-10H2,1-2H3,(H,21,22)(H,23,24). The first-order valence-electron chi connectivity index (χ1n) is 7.85. The van der Waals surface area contributed by atoms with Gasteiger partial charge in [0.15, 0.2) is 0 Å². The highest BCUT2D eigenvalue weighted by molar-refractivity contribution is 6.31. The minimum absolute atomic E-state index is 0.254. The number of methoxy groups -OCH3 is 1. The molecule has 0 aliphatic rings. The Morgan fingerprint density at radius 3 is 2.48 bits per heavy atom. The number of hydrogen-bond acceptors (Lipinski definition) is 3. The van der Waals surface area contributed by atoms with E-state index in [0.29, 0.717) is 29.3 Å². The fraction of sp³-hybridized carbons (Fsp3) is 0.263. The summed E-state index contributed by atoms with van der Waals surface area (Å²) < 4.78 is 5.17. The van der Waals surface area contributed by atoms with E-state index in [1.807, 2.05) is 12.1 Å². The van der Waals surface area contributed by atoms with Gasteiger partial charge in [0, 0.05) is 11.6 Å². The van der Waals surface area contributed by atoms with Crippen molar-refractivity contribution >= 4 is 23.5 Å². The third-order valence-electron chi connectivity index (χ3n) is 3.96. The van der Waals surface area contributed by atoms with Crippen molar-refractivity contribution in [2.24, 2.45) is 0 Å². The molecule has 1 amide bonds. The van der Waals surface area contributed by atoms with Crippen LogP contribution in [0.3, 0.4) is 0 Å². The Balaban J connectivity index is 1.93. The van der Waals surface area contributed by atoms with Gasteiger partial charge in [-0.05, 0) is 42.7 Å². The first-order valence-corrected chi connectivity index (χ1v) is 8.23. The van der Waals surface area contributed by atoms with E-state index in [9.17, 15) is 9.59 Å². The number of carboxylic acid groups (broad SMARTS) is 1. The zero-order valence-electron chi connectivity index (χ0n) is 14.1. The van der Waals surface area contributed by atoms with Crippen molar-refractivity contribution < 1.29 is 19.4 Å². The van der Waals surface area contributed by atoms with Gasteiger partial charge in [-0.1, -0.05) is 35.9 Å². The fourth-order valence-corrected chi connectivity index (χ4v) is 2.56. The average Bonchev–Trinajstić information content (AvgIpc) is 2.61. The van der Waals surface area contributed by atoms with Crippen molar-refractivity contribution in [1.29, 1.82) is 0 Å². The molecule has 1 unspecified atom stereocenters. The average molecular weight is 362 g/mol. The number of carbonyl (C=O) groups excluding carboxylic acids is 1. The van der Waals surface area contributed by atoms with Gasteiger partial charge < -0.3 is 15.2 Å². The van der Waals surface area contributed by atoms with E-state index in [0.717, 1.165) is 11.1 Å². The molecule has 0 saturated carbocycles. The minimum atomic E-state index is -0.851. The number of carbonyl (C=O) groups is 2. The lowest BCUT2D eigenvalue weighted by molar-refractivity contribution is -0.138. The number of hydrogen-bond donors (Lipinski definition) is 2. The number of nitrogens with one attached hydrogen (secondary N) is 1. The Morgan fingerprint density at radius 1 is 1.20 bits per heavy atom. The predicted octanol–water partition coefficient (Wildman–Crippen LogP) is 3.51. The first kappa shape index (κ1) is 18.8. The van der Waals surface area contributed by atoms with E-state index in [1.54, 1.807) is 37.3 Å². The van der Waals surface area contributed by atoms with Crippen molar-refractivity contribution in [2.45, 2.75) is 19.3 Å². The molecule has 0 spiro atoms. The van der Waals surface area contributed by atoms with Gasteiger partial charge in [-0.25, -0.2) is 0 Å². The van der Waals surface area contributed by atoms with E-state index < -0.39 is 11.9 Å². The van der Waals surface area contributed by atoms with Crippen molar-refractivity contribution in [3.8, 4) is 5.75 Å². The lowest BCUT2D eigenvalue weighted by Crippen LogP contribution is -2.26. The smallest absolute Gasteiger partial charge is 0.310 e. The summed E-state index contributed by atoms with van der Waals surface area (Å²) in [6.07, 6.45) is 0.635. The van der Waals surface area contributed by atoms with Crippen LogP contribution >= 0.6 is 11.6 Å². The van der Waals surface area contributed by atoms with Crippen LogP contribution in [-0.4, -0.2) is 30.6 Å². The van der Waals surface area contributed by atoms with E-state index in [-0.39, 0.29) is 5.91 Å². The van der Waals surface area contributed by atoms with E-state index in [1.165, 1.54) is 7.11 Å². The molecule has 132 valence electrons. The summed E-state index contributed by atoms with van der Waals surface area (Å²) in [5, 5.41) is 12.3. The first-order chi connectivity index (χ1) is 11.9. The zero-order chi connectivity index (χ0) is 18.4. The van der Waals surface area contributed by atoms with Gasteiger partial charge in [-0.3, -0.25) is 9.59 Å². The summed E-state index contributed by atoms with van der Waals surface area (Å²) in [4.78, 5) is 23.2. The molecular weight excluding hydrogens is 342 g/mol. The molecule has 0 fully saturated rings. The maximum atomic E-state index is 12.3.